The second kappa shape index (κ2) is 5.11. The lowest BCUT2D eigenvalue weighted by molar-refractivity contribution is -0.170. The monoisotopic (exact) mass is 176 g/mol. The van der Waals surface area contributed by atoms with Crippen LogP contribution in [-0.2, 0) is 14.3 Å². The molecule has 72 valence electrons. The molecule has 0 aliphatic carbocycles. The molecule has 0 heterocycles. The first-order chi connectivity index (χ1) is 5.56. The molecule has 4 nitrogen and oxygen atoms in total. The molecule has 0 saturated heterocycles. The van der Waals surface area contributed by atoms with Gasteiger partial charge < -0.3 is 14.6 Å². The Hall–Kier alpha value is -0.610. The third-order valence-corrected chi connectivity index (χ3v) is 1.50. The maximum Gasteiger partial charge on any atom is 0.338 e. The highest BCUT2D eigenvalue weighted by Gasteiger charge is 2.33. The number of carboxylic acids is 1. The van der Waals surface area contributed by atoms with E-state index in [4.69, 9.17) is 14.6 Å². The average Bonchev–Trinajstić information content (AvgIpc) is 2.01. The predicted octanol–water partition coefficient (Wildman–Crippen LogP) is 0.903. The fourth-order valence-corrected chi connectivity index (χ4v) is 0.768. The minimum Gasteiger partial charge on any atom is -0.479 e. The van der Waals surface area contributed by atoms with Gasteiger partial charge in [-0.1, -0.05) is 6.92 Å². The third-order valence-electron chi connectivity index (χ3n) is 1.50. The standard InChI is InChI=1S/C8H16O4/c1-4-5-12-8(2,6-11-3)7(9)10/h4-6H2,1-3H3,(H,9,10). The van der Waals surface area contributed by atoms with E-state index in [1.54, 1.807) is 0 Å². The van der Waals surface area contributed by atoms with Gasteiger partial charge in [0, 0.05) is 13.7 Å². The molecule has 1 unspecified atom stereocenters. The Balaban J connectivity index is 4.08. The summed E-state index contributed by atoms with van der Waals surface area (Å²) in [6, 6.07) is 0. The van der Waals surface area contributed by atoms with Gasteiger partial charge in [0.1, 0.15) is 0 Å². The Bertz CT molecular complexity index is 146. The lowest BCUT2D eigenvalue weighted by atomic mass is 10.1. The molecule has 0 aromatic rings. The van der Waals surface area contributed by atoms with Crippen LogP contribution < -0.4 is 0 Å². The van der Waals surface area contributed by atoms with Crippen molar-refractivity contribution in [1.29, 1.82) is 0 Å². The van der Waals surface area contributed by atoms with Crippen LogP contribution in [0.3, 0.4) is 0 Å². The zero-order valence-electron chi connectivity index (χ0n) is 7.79. The molecule has 0 fully saturated rings. The first-order valence-corrected chi connectivity index (χ1v) is 3.93. The molecule has 0 radical (unpaired) electrons. The molecular weight excluding hydrogens is 160 g/mol. The van der Waals surface area contributed by atoms with Gasteiger partial charge in [-0.15, -0.1) is 0 Å². The molecule has 0 amide bonds. The van der Waals surface area contributed by atoms with Gasteiger partial charge in [-0.2, -0.15) is 0 Å². The summed E-state index contributed by atoms with van der Waals surface area (Å²) in [4.78, 5) is 10.7. The lowest BCUT2D eigenvalue weighted by Gasteiger charge is -2.23. The minimum atomic E-state index is -1.20. The molecule has 4 heteroatoms. The first kappa shape index (κ1) is 11.4. The van der Waals surface area contributed by atoms with Crippen molar-refractivity contribution in [3.8, 4) is 0 Å². The molecule has 12 heavy (non-hydrogen) atoms. The highest BCUT2D eigenvalue weighted by molar-refractivity contribution is 5.77. The summed E-state index contributed by atoms with van der Waals surface area (Å²) in [6.45, 7) is 3.94. The van der Waals surface area contributed by atoms with Gasteiger partial charge >= 0.3 is 5.97 Å². The molecular formula is C8H16O4. The fourth-order valence-electron chi connectivity index (χ4n) is 0.768. The predicted molar refractivity (Wildman–Crippen MR) is 44.2 cm³/mol. The maximum absolute atomic E-state index is 10.7. The van der Waals surface area contributed by atoms with E-state index in [1.165, 1.54) is 14.0 Å². The number of carbonyl (C=O) groups is 1. The van der Waals surface area contributed by atoms with Crippen molar-refractivity contribution in [2.75, 3.05) is 20.3 Å². The molecule has 0 bridgehead atoms. The van der Waals surface area contributed by atoms with Crippen LogP contribution >= 0.6 is 0 Å². The zero-order chi connectivity index (χ0) is 9.61. The lowest BCUT2D eigenvalue weighted by Crippen LogP contribution is -2.42. The summed E-state index contributed by atoms with van der Waals surface area (Å²) in [5.41, 5.74) is -1.20. The highest BCUT2D eigenvalue weighted by Crippen LogP contribution is 2.11. The van der Waals surface area contributed by atoms with Crippen molar-refractivity contribution in [3.63, 3.8) is 0 Å². The van der Waals surface area contributed by atoms with E-state index in [9.17, 15) is 4.79 Å². The Labute approximate surface area is 72.5 Å². The molecule has 0 aliphatic heterocycles. The van der Waals surface area contributed by atoms with E-state index in [-0.39, 0.29) is 6.61 Å². The smallest absolute Gasteiger partial charge is 0.338 e. The van der Waals surface area contributed by atoms with E-state index >= 15 is 0 Å². The molecule has 0 aliphatic rings. The van der Waals surface area contributed by atoms with Crippen molar-refractivity contribution in [2.24, 2.45) is 0 Å². The largest absolute Gasteiger partial charge is 0.479 e. The number of rotatable bonds is 6. The van der Waals surface area contributed by atoms with Gasteiger partial charge in [0.15, 0.2) is 5.60 Å². The number of ether oxygens (including phenoxy) is 2. The van der Waals surface area contributed by atoms with Crippen molar-refractivity contribution in [1.82, 2.24) is 0 Å². The second-order valence-electron chi connectivity index (χ2n) is 2.82. The Morgan fingerprint density at radius 2 is 2.17 bits per heavy atom. The van der Waals surface area contributed by atoms with Crippen LogP contribution in [-0.4, -0.2) is 37.0 Å². The van der Waals surface area contributed by atoms with E-state index < -0.39 is 11.6 Å². The number of hydrogen-bond acceptors (Lipinski definition) is 3. The summed E-state index contributed by atoms with van der Waals surface area (Å²) in [6.07, 6.45) is 0.798. The van der Waals surface area contributed by atoms with E-state index in [1.807, 2.05) is 6.92 Å². The summed E-state index contributed by atoms with van der Waals surface area (Å²) in [7, 11) is 1.45. The molecule has 0 aromatic carbocycles. The van der Waals surface area contributed by atoms with E-state index in [2.05, 4.69) is 0 Å². The zero-order valence-corrected chi connectivity index (χ0v) is 7.79. The van der Waals surface area contributed by atoms with Crippen LogP contribution in [0.25, 0.3) is 0 Å². The van der Waals surface area contributed by atoms with Gasteiger partial charge in [0.05, 0.1) is 6.61 Å². The number of methoxy groups -OCH3 is 1. The highest BCUT2D eigenvalue weighted by atomic mass is 16.6. The number of hydrogen-bond donors (Lipinski definition) is 1. The van der Waals surface area contributed by atoms with Crippen LogP contribution in [0.4, 0.5) is 0 Å². The van der Waals surface area contributed by atoms with Gasteiger partial charge in [-0.3, -0.25) is 0 Å². The van der Waals surface area contributed by atoms with Crippen molar-refractivity contribution >= 4 is 5.97 Å². The summed E-state index contributed by atoms with van der Waals surface area (Å²) < 4.78 is 9.92. The Kier molecular flexibility index (Phi) is 4.85. The fraction of sp³-hybridized carbons (Fsp3) is 0.875. The van der Waals surface area contributed by atoms with Gasteiger partial charge in [0.2, 0.25) is 0 Å². The molecule has 0 spiro atoms. The van der Waals surface area contributed by atoms with E-state index in [0.717, 1.165) is 6.42 Å². The van der Waals surface area contributed by atoms with Crippen LogP contribution in [0.15, 0.2) is 0 Å². The third kappa shape index (κ3) is 3.19. The molecule has 0 aromatic heterocycles. The van der Waals surface area contributed by atoms with Crippen LogP contribution in [0.1, 0.15) is 20.3 Å². The topological polar surface area (TPSA) is 55.8 Å². The molecule has 1 atom stereocenters. The SMILES string of the molecule is CCCOC(C)(COC)C(=O)O. The van der Waals surface area contributed by atoms with Crippen LogP contribution in [0.5, 0.6) is 0 Å². The maximum atomic E-state index is 10.7. The average molecular weight is 176 g/mol. The number of aliphatic carboxylic acids is 1. The minimum absolute atomic E-state index is 0.0718. The first-order valence-electron chi connectivity index (χ1n) is 3.93. The Morgan fingerprint density at radius 3 is 2.50 bits per heavy atom. The normalized spacial score (nSPS) is 15.6. The number of carboxylic acid groups (broad SMARTS) is 1. The Morgan fingerprint density at radius 1 is 1.58 bits per heavy atom. The molecule has 1 N–H and O–H groups in total. The van der Waals surface area contributed by atoms with Gasteiger partial charge in [0.25, 0.3) is 0 Å². The van der Waals surface area contributed by atoms with Crippen molar-refractivity contribution < 1.29 is 19.4 Å². The van der Waals surface area contributed by atoms with Crippen LogP contribution in [0.2, 0.25) is 0 Å². The van der Waals surface area contributed by atoms with Gasteiger partial charge in [-0.05, 0) is 13.3 Å². The summed E-state index contributed by atoms with van der Waals surface area (Å²) in [5, 5.41) is 8.79. The van der Waals surface area contributed by atoms with Crippen LogP contribution in [0, 0.1) is 0 Å². The quantitative estimate of drug-likeness (QED) is 0.653. The van der Waals surface area contributed by atoms with E-state index in [0.29, 0.717) is 6.61 Å². The van der Waals surface area contributed by atoms with Crippen molar-refractivity contribution in [2.45, 2.75) is 25.9 Å². The molecule has 0 rings (SSSR count). The summed E-state index contributed by atoms with van der Waals surface area (Å²) >= 11 is 0. The second-order valence-corrected chi connectivity index (χ2v) is 2.82. The van der Waals surface area contributed by atoms with Crippen molar-refractivity contribution in [3.05, 3.63) is 0 Å². The molecule has 0 saturated carbocycles. The summed E-state index contributed by atoms with van der Waals surface area (Å²) in [5.74, 6) is -0.988. The van der Waals surface area contributed by atoms with Gasteiger partial charge in [-0.25, -0.2) is 4.79 Å².